The Labute approximate surface area is 123 Å². The minimum absolute atomic E-state index is 0.167. The highest BCUT2D eigenvalue weighted by molar-refractivity contribution is 9.10. The quantitative estimate of drug-likeness (QED) is 0.871. The van der Waals surface area contributed by atoms with Gasteiger partial charge in [-0.1, -0.05) is 15.9 Å². The van der Waals surface area contributed by atoms with Gasteiger partial charge < -0.3 is 10.4 Å². The fourth-order valence-electron chi connectivity index (χ4n) is 1.67. The van der Waals surface area contributed by atoms with Gasteiger partial charge in [0.25, 0.3) is 5.91 Å². The lowest BCUT2D eigenvalue weighted by atomic mass is 9.99. The summed E-state index contributed by atoms with van der Waals surface area (Å²) in [5, 5.41) is 11.4. The maximum absolute atomic E-state index is 12.9. The van der Waals surface area contributed by atoms with E-state index >= 15 is 0 Å². The summed E-state index contributed by atoms with van der Waals surface area (Å²) in [6.45, 7) is 3.10. The molecule has 7 heteroatoms. The minimum atomic E-state index is -4.61. The smallest absolute Gasteiger partial charge is 0.396 e. The second-order valence-electron chi connectivity index (χ2n) is 5.00. The van der Waals surface area contributed by atoms with Gasteiger partial charge in [-0.3, -0.25) is 4.79 Å². The molecule has 20 heavy (non-hydrogen) atoms. The predicted octanol–water partition coefficient (Wildman–Crippen LogP) is 3.36. The average molecular weight is 354 g/mol. The first-order valence-corrected chi connectivity index (χ1v) is 6.66. The van der Waals surface area contributed by atoms with E-state index in [1.807, 2.05) is 0 Å². The van der Waals surface area contributed by atoms with Gasteiger partial charge in [0.2, 0.25) is 0 Å². The maximum Gasteiger partial charge on any atom is 0.417 e. The first kappa shape index (κ1) is 17.0. The highest BCUT2D eigenvalue weighted by atomic mass is 79.9. The highest BCUT2D eigenvalue weighted by Crippen LogP contribution is 2.34. The Kier molecular flexibility index (Phi) is 5.21. The van der Waals surface area contributed by atoms with Crippen LogP contribution >= 0.6 is 15.9 Å². The molecule has 0 radical (unpaired) electrons. The van der Waals surface area contributed by atoms with E-state index in [-0.39, 0.29) is 17.5 Å². The number of rotatable bonds is 4. The van der Waals surface area contributed by atoms with Gasteiger partial charge in [-0.05, 0) is 38.5 Å². The summed E-state index contributed by atoms with van der Waals surface area (Å²) in [4.78, 5) is 12.0. The van der Waals surface area contributed by atoms with Crippen LogP contribution in [0, 0.1) is 0 Å². The molecule has 0 saturated heterocycles. The average Bonchev–Trinajstić information content (AvgIpc) is 2.26. The van der Waals surface area contributed by atoms with Crippen LogP contribution in [0.15, 0.2) is 22.7 Å². The molecule has 0 unspecified atom stereocenters. The van der Waals surface area contributed by atoms with Gasteiger partial charge in [0.05, 0.1) is 11.1 Å². The number of aliphatic hydroxyl groups excluding tert-OH is 1. The van der Waals surface area contributed by atoms with Crippen LogP contribution < -0.4 is 5.32 Å². The van der Waals surface area contributed by atoms with E-state index in [2.05, 4.69) is 21.2 Å². The molecule has 0 aromatic heterocycles. The van der Waals surface area contributed by atoms with E-state index in [1.54, 1.807) is 13.8 Å². The summed E-state index contributed by atoms with van der Waals surface area (Å²) < 4.78 is 39.0. The van der Waals surface area contributed by atoms with Crippen LogP contribution in [-0.4, -0.2) is 23.2 Å². The van der Waals surface area contributed by atoms with Crippen LogP contribution in [0.25, 0.3) is 0 Å². The SMILES string of the molecule is CC(C)(CCO)NC(=O)c1ccc(Br)cc1C(F)(F)F. The Bertz CT molecular complexity index is 501. The van der Waals surface area contributed by atoms with Crippen LogP contribution in [0.5, 0.6) is 0 Å². The molecule has 0 aliphatic carbocycles. The minimum Gasteiger partial charge on any atom is -0.396 e. The van der Waals surface area contributed by atoms with E-state index in [4.69, 9.17) is 5.11 Å². The zero-order chi connectivity index (χ0) is 15.6. The van der Waals surface area contributed by atoms with E-state index < -0.39 is 28.7 Å². The lowest BCUT2D eigenvalue weighted by Gasteiger charge is -2.26. The Morgan fingerprint density at radius 1 is 1.35 bits per heavy atom. The fourth-order valence-corrected chi connectivity index (χ4v) is 2.03. The predicted molar refractivity (Wildman–Crippen MR) is 72.4 cm³/mol. The van der Waals surface area contributed by atoms with E-state index in [0.29, 0.717) is 0 Å². The second-order valence-corrected chi connectivity index (χ2v) is 5.91. The first-order valence-electron chi connectivity index (χ1n) is 5.87. The molecule has 0 atom stereocenters. The number of alkyl halides is 3. The molecule has 0 saturated carbocycles. The van der Waals surface area contributed by atoms with Crippen molar-refractivity contribution < 1.29 is 23.1 Å². The second kappa shape index (κ2) is 6.13. The number of amides is 1. The van der Waals surface area contributed by atoms with E-state index in [9.17, 15) is 18.0 Å². The number of carbonyl (C=O) groups is 1. The summed E-state index contributed by atoms with van der Waals surface area (Å²) >= 11 is 2.96. The first-order chi connectivity index (χ1) is 9.07. The molecular formula is C13H15BrF3NO2. The highest BCUT2D eigenvalue weighted by Gasteiger charge is 2.36. The van der Waals surface area contributed by atoms with Crippen molar-refractivity contribution in [2.45, 2.75) is 32.0 Å². The molecule has 1 amide bonds. The third-order valence-electron chi connectivity index (χ3n) is 2.72. The van der Waals surface area contributed by atoms with Crippen molar-refractivity contribution in [2.75, 3.05) is 6.61 Å². The van der Waals surface area contributed by atoms with Gasteiger partial charge in [0.1, 0.15) is 0 Å². The van der Waals surface area contributed by atoms with Crippen LogP contribution in [0.4, 0.5) is 13.2 Å². The van der Waals surface area contributed by atoms with Gasteiger partial charge in [0, 0.05) is 16.6 Å². The molecule has 1 rings (SSSR count). The molecule has 1 aromatic rings. The van der Waals surface area contributed by atoms with Crippen LogP contribution in [0.2, 0.25) is 0 Å². The topological polar surface area (TPSA) is 49.3 Å². The van der Waals surface area contributed by atoms with Crippen LogP contribution in [0.3, 0.4) is 0 Å². The summed E-state index contributed by atoms with van der Waals surface area (Å²) in [6, 6.07) is 3.37. The zero-order valence-electron chi connectivity index (χ0n) is 11.0. The summed E-state index contributed by atoms with van der Waals surface area (Å²) in [5.41, 5.74) is -2.22. The van der Waals surface area contributed by atoms with Gasteiger partial charge in [-0.15, -0.1) is 0 Å². The van der Waals surface area contributed by atoms with Gasteiger partial charge in [-0.2, -0.15) is 13.2 Å². The molecule has 0 aliphatic heterocycles. The van der Waals surface area contributed by atoms with Crippen molar-refractivity contribution in [2.24, 2.45) is 0 Å². The number of aliphatic hydroxyl groups is 1. The Hall–Kier alpha value is -1.08. The number of nitrogens with one attached hydrogen (secondary N) is 1. The van der Waals surface area contributed by atoms with Crippen molar-refractivity contribution in [1.29, 1.82) is 0 Å². The van der Waals surface area contributed by atoms with Gasteiger partial charge in [-0.25, -0.2) is 0 Å². The van der Waals surface area contributed by atoms with E-state index in [1.165, 1.54) is 6.07 Å². The largest absolute Gasteiger partial charge is 0.417 e. The van der Waals surface area contributed by atoms with Crippen LogP contribution in [-0.2, 0) is 6.18 Å². The van der Waals surface area contributed by atoms with E-state index in [0.717, 1.165) is 12.1 Å². The Morgan fingerprint density at radius 3 is 2.45 bits per heavy atom. The zero-order valence-corrected chi connectivity index (χ0v) is 12.6. The fraction of sp³-hybridized carbons (Fsp3) is 0.462. The van der Waals surface area contributed by atoms with Crippen molar-refractivity contribution in [1.82, 2.24) is 5.32 Å². The molecule has 112 valence electrons. The lowest BCUT2D eigenvalue weighted by molar-refractivity contribution is -0.138. The number of benzene rings is 1. The lowest BCUT2D eigenvalue weighted by Crippen LogP contribution is -2.44. The Morgan fingerprint density at radius 2 is 1.95 bits per heavy atom. The monoisotopic (exact) mass is 353 g/mol. The molecule has 0 heterocycles. The number of halogens is 4. The van der Waals surface area contributed by atoms with Crippen LogP contribution in [0.1, 0.15) is 36.2 Å². The normalized spacial score (nSPS) is 12.3. The molecule has 0 bridgehead atoms. The molecular weight excluding hydrogens is 339 g/mol. The van der Waals surface area contributed by atoms with Crippen molar-refractivity contribution in [3.63, 3.8) is 0 Å². The molecule has 0 spiro atoms. The molecule has 3 nitrogen and oxygen atoms in total. The Balaban J connectivity index is 3.11. The van der Waals surface area contributed by atoms with Gasteiger partial charge in [0.15, 0.2) is 0 Å². The summed E-state index contributed by atoms with van der Waals surface area (Å²) in [7, 11) is 0. The van der Waals surface area contributed by atoms with Crippen molar-refractivity contribution >= 4 is 21.8 Å². The van der Waals surface area contributed by atoms with Crippen molar-refractivity contribution in [3.05, 3.63) is 33.8 Å². The van der Waals surface area contributed by atoms with Crippen molar-refractivity contribution in [3.8, 4) is 0 Å². The molecule has 0 fully saturated rings. The maximum atomic E-state index is 12.9. The number of hydrogen-bond donors (Lipinski definition) is 2. The standard InChI is InChI=1S/C13H15BrF3NO2/c1-12(2,5-6-19)18-11(20)9-4-3-8(14)7-10(9)13(15,16)17/h3-4,7,19H,5-6H2,1-2H3,(H,18,20). The van der Waals surface area contributed by atoms with Gasteiger partial charge >= 0.3 is 6.18 Å². The number of carbonyl (C=O) groups excluding carboxylic acids is 1. The molecule has 0 aliphatic rings. The third-order valence-corrected chi connectivity index (χ3v) is 3.21. The summed E-state index contributed by atoms with van der Waals surface area (Å²) in [5.74, 6) is -0.816. The molecule has 1 aromatic carbocycles. The number of hydrogen-bond acceptors (Lipinski definition) is 2. The molecule has 2 N–H and O–H groups in total. The summed E-state index contributed by atoms with van der Waals surface area (Å²) in [6.07, 6.45) is -4.37. The third kappa shape index (κ3) is 4.49.